The first-order valence-electron chi connectivity index (χ1n) is 9.67. The maximum Gasteiger partial charge on any atom is 0.233 e. The van der Waals surface area contributed by atoms with Gasteiger partial charge in [0.25, 0.3) is 0 Å². The number of carbonyl (C=O) groups excluding carboxylic acids is 1. The van der Waals surface area contributed by atoms with Crippen LogP contribution < -0.4 is 0 Å². The fourth-order valence-corrected chi connectivity index (χ4v) is 4.39. The number of nitrogens with zero attached hydrogens (tertiary/aromatic N) is 5. The number of aromatic nitrogens is 4. The standard InChI is InChI=1S/C21H22FN5OS/c1-15-4-2-3-13-26(15)19(28)14-29-21-25-24-20(16-9-11-23-12-10-16)27(21)18-7-5-17(22)6-8-18/h5-12,15H,2-4,13-14H2,1H3/t15-/m1/s1. The molecule has 0 radical (unpaired) electrons. The molecule has 1 aromatic carbocycles. The average molecular weight is 412 g/mol. The van der Waals surface area contributed by atoms with E-state index in [0.717, 1.165) is 30.6 Å². The van der Waals surface area contributed by atoms with Gasteiger partial charge in [0.1, 0.15) is 5.82 Å². The number of piperidine rings is 1. The summed E-state index contributed by atoms with van der Waals surface area (Å²) in [7, 11) is 0. The van der Waals surface area contributed by atoms with Gasteiger partial charge in [0.05, 0.1) is 5.75 Å². The third-order valence-electron chi connectivity index (χ3n) is 5.10. The zero-order valence-electron chi connectivity index (χ0n) is 16.2. The number of carbonyl (C=O) groups is 1. The van der Waals surface area contributed by atoms with Gasteiger partial charge in [-0.15, -0.1) is 10.2 Å². The molecule has 150 valence electrons. The maximum atomic E-state index is 13.4. The summed E-state index contributed by atoms with van der Waals surface area (Å²) in [6.45, 7) is 2.91. The van der Waals surface area contributed by atoms with Crippen molar-refractivity contribution in [1.82, 2.24) is 24.6 Å². The Kier molecular flexibility index (Phi) is 5.89. The second-order valence-electron chi connectivity index (χ2n) is 7.07. The predicted octanol–water partition coefficient (Wildman–Crippen LogP) is 3.96. The van der Waals surface area contributed by atoms with E-state index in [1.165, 1.54) is 30.3 Å². The van der Waals surface area contributed by atoms with Gasteiger partial charge < -0.3 is 4.90 Å². The molecular weight excluding hydrogens is 389 g/mol. The lowest BCUT2D eigenvalue weighted by Crippen LogP contribution is -2.42. The van der Waals surface area contributed by atoms with E-state index in [4.69, 9.17) is 0 Å². The van der Waals surface area contributed by atoms with Crippen molar-refractivity contribution >= 4 is 17.7 Å². The molecule has 0 aliphatic carbocycles. The first-order chi connectivity index (χ1) is 14.1. The van der Waals surface area contributed by atoms with E-state index in [9.17, 15) is 9.18 Å². The number of benzene rings is 1. The Bertz CT molecular complexity index is 976. The molecule has 0 unspecified atom stereocenters. The quantitative estimate of drug-likeness (QED) is 0.595. The third kappa shape index (κ3) is 4.32. The largest absolute Gasteiger partial charge is 0.339 e. The fraction of sp³-hybridized carbons (Fsp3) is 0.333. The zero-order valence-corrected chi connectivity index (χ0v) is 17.0. The second kappa shape index (κ2) is 8.73. The van der Waals surface area contributed by atoms with Crippen LogP contribution in [-0.4, -0.2) is 48.9 Å². The summed E-state index contributed by atoms with van der Waals surface area (Å²) in [6, 6.07) is 10.1. The molecule has 6 nitrogen and oxygen atoms in total. The van der Waals surface area contributed by atoms with Crippen LogP contribution in [0.15, 0.2) is 53.9 Å². The van der Waals surface area contributed by atoms with E-state index in [2.05, 4.69) is 22.1 Å². The van der Waals surface area contributed by atoms with Crippen molar-refractivity contribution in [3.8, 4) is 17.1 Å². The summed E-state index contributed by atoms with van der Waals surface area (Å²) in [5, 5.41) is 9.25. The monoisotopic (exact) mass is 411 g/mol. The first-order valence-corrected chi connectivity index (χ1v) is 10.7. The van der Waals surface area contributed by atoms with Crippen molar-refractivity contribution in [3.63, 3.8) is 0 Å². The minimum Gasteiger partial charge on any atom is -0.339 e. The molecule has 1 saturated heterocycles. The summed E-state index contributed by atoms with van der Waals surface area (Å²) in [4.78, 5) is 18.7. The molecule has 2 aromatic heterocycles. The van der Waals surface area contributed by atoms with E-state index in [0.29, 0.717) is 16.7 Å². The molecule has 4 rings (SSSR count). The maximum absolute atomic E-state index is 13.4. The lowest BCUT2D eigenvalue weighted by Gasteiger charge is -2.33. The molecule has 0 N–H and O–H groups in total. The minimum absolute atomic E-state index is 0.112. The number of likely N-dealkylation sites (tertiary alicyclic amines) is 1. The van der Waals surface area contributed by atoms with Crippen LogP contribution in [0.5, 0.6) is 0 Å². The van der Waals surface area contributed by atoms with Crippen molar-refractivity contribution in [2.45, 2.75) is 37.4 Å². The highest BCUT2D eigenvalue weighted by atomic mass is 32.2. The lowest BCUT2D eigenvalue weighted by molar-refractivity contribution is -0.131. The Morgan fingerprint density at radius 2 is 1.90 bits per heavy atom. The molecule has 1 aliphatic heterocycles. The number of amides is 1. The van der Waals surface area contributed by atoms with E-state index < -0.39 is 0 Å². The van der Waals surface area contributed by atoms with Crippen LogP contribution in [0, 0.1) is 5.82 Å². The van der Waals surface area contributed by atoms with Gasteiger partial charge in [-0.2, -0.15) is 0 Å². The summed E-state index contributed by atoms with van der Waals surface area (Å²) in [5.41, 5.74) is 1.59. The van der Waals surface area contributed by atoms with Crippen LogP contribution in [-0.2, 0) is 4.79 Å². The van der Waals surface area contributed by atoms with E-state index >= 15 is 0 Å². The lowest BCUT2D eigenvalue weighted by atomic mass is 10.0. The summed E-state index contributed by atoms with van der Waals surface area (Å²) in [5.74, 6) is 0.720. The Labute approximate surface area is 173 Å². The Morgan fingerprint density at radius 1 is 1.14 bits per heavy atom. The predicted molar refractivity (Wildman–Crippen MR) is 110 cm³/mol. The zero-order chi connectivity index (χ0) is 20.2. The molecule has 1 fully saturated rings. The van der Waals surface area contributed by atoms with Gasteiger partial charge in [-0.25, -0.2) is 4.39 Å². The molecule has 1 atom stereocenters. The van der Waals surface area contributed by atoms with Crippen molar-refractivity contribution < 1.29 is 9.18 Å². The number of pyridine rings is 1. The smallest absolute Gasteiger partial charge is 0.233 e. The highest BCUT2D eigenvalue weighted by Gasteiger charge is 2.24. The normalized spacial score (nSPS) is 16.8. The van der Waals surface area contributed by atoms with Crippen LogP contribution >= 0.6 is 11.8 Å². The highest BCUT2D eigenvalue weighted by Crippen LogP contribution is 2.28. The molecular formula is C21H22FN5OS. The SMILES string of the molecule is C[C@@H]1CCCCN1C(=O)CSc1nnc(-c2ccncc2)n1-c1ccc(F)cc1. The number of hydrogen-bond acceptors (Lipinski definition) is 5. The molecule has 8 heteroatoms. The molecule has 0 saturated carbocycles. The van der Waals surface area contributed by atoms with E-state index in [1.807, 2.05) is 21.6 Å². The van der Waals surface area contributed by atoms with Crippen molar-refractivity contribution in [2.24, 2.45) is 0 Å². The molecule has 29 heavy (non-hydrogen) atoms. The van der Waals surface area contributed by atoms with Crippen LogP contribution in [0.4, 0.5) is 4.39 Å². The van der Waals surface area contributed by atoms with Crippen molar-refractivity contribution in [2.75, 3.05) is 12.3 Å². The van der Waals surface area contributed by atoms with Crippen molar-refractivity contribution in [3.05, 3.63) is 54.6 Å². The average Bonchev–Trinajstić information content (AvgIpc) is 3.17. The van der Waals surface area contributed by atoms with E-state index in [-0.39, 0.29) is 17.8 Å². The Hall–Kier alpha value is -2.74. The Balaban J connectivity index is 1.62. The Morgan fingerprint density at radius 3 is 2.62 bits per heavy atom. The third-order valence-corrected chi connectivity index (χ3v) is 6.02. The number of halogens is 1. The molecule has 0 spiro atoms. The summed E-state index contributed by atoms with van der Waals surface area (Å²) >= 11 is 1.35. The van der Waals surface area contributed by atoms with E-state index in [1.54, 1.807) is 24.5 Å². The second-order valence-corrected chi connectivity index (χ2v) is 8.02. The first kappa shape index (κ1) is 19.6. The van der Waals surface area contributed by atoms with Crippen LogP contribution in [0.25, 0.3) is 17.1 Å². The van der Waals surface area contributed by atoms with Gasteiger partial charge in [-0.1, -0.05) is 11.8 Å². The van der Waals surface area contributed by atoms with Crippen LogP contribution in [0.2, 0.25) is 0 Å². The summed E-state index contributed by atoms with van der Waals surface area (Å²) < 4.78 is 15.3. The van der Waals surface area contributed by atoms with Gasteiger partial charge >= 0.3 is 0 Å². The van der Waals surface area contributed by atoms with Gasteiger partial charge in [-0.3, -0.25) is 14.3 Å². The molecule has 3 heterocycles. The highest BCUT2D eigenvalue weighted by molar-refractivity contribution is 7.99. The van der Waals surface area contributed by atoms with Crippen LogP contribution in [0.1, 0.15) is 26.2 Å². The molecule has 3 aromatic rings. The van der Waals surface area contributed by atoms with Gasteiger partial charge in [0.15, 0.2) is 11.0 Å². The summed E-state index contributed by atoms with van der Waals surface area (Å²) in [6.07, 6.45) is 6.65. The van der Waals surface area contributed by atoms with Gasteiger partial charge in [0, 0.05) is 36.2 Å². The fourth-order valence-electron chi connectivity index (χ4n) is 3.55. The molecule has 0 bridgehead atoms. The van der Waals surface area contributed by atoms with Crippen molar-refractivity contribution in [1.29, 1.82) is 0 Å². The van der Waals surface area contributed by atoms with Crippen LogP contribution in [0.3, 0.4) is 0 Å². The number of thioether (sulfide) groups is 1. The van der Waals surface area contributed by atoms with Gasteiger partial charge in [-0.05, 0) is 62.6 Å². The minimum atomic E-state index is -0.309. The van der Waals surface area contributed by atoms with Gasteiger partial charge in [0.2, 0.25) is 5.91 Å². The number of hydrogen-bond donors (Lipinski definition) is 0. The molecule has 1 aliphatic rings. The topological polar surface area (TPSA) is 63.9 Å². The number of rotatable bonds is 5. The molecule has 1 amide bonds.